The third kappa shape index (κ3) is 3.73. The minimum Gasteiger partial charge on any atom is -0.463 e. The number of urea groups is 1. The van der Waals surface area contributed by atoms with Crippen LogP contribution in [0.15, 0.2) is 36.0 Å². The molecule has 0 saturated carbocycles. The Hall–Kier alpha value is -2.41. The first-order chi connectivity index (χ1) is 11.5. The van der Waals surface area contributed by atoms with Gasteiger partial charge in [0.25, 0.3) is 0 Å². The first kappa shape index (κ1) is 17.9. The van der Waals surface area contributed by atoms with Crippen LogP contribution in [0.25, 0.3) is 0 Å². The zero-order chi connectivity index (χ0) is 17.6. The number of hydrogen-bond acceptors (Lipinski definition) is 4. The zero-order valence-corrected chi connectivity index (χ0v) is 13.7. The fourth-order valence-electron chi connectivity index (χ4n) is 2.53. The number of carbonyl (C=O) groups is 2. The lowest BCUT2D eigenvalue weighted by Crippen LogP contribution is -2.58. The van der Waals surface area contributed by atoms with Gasteiger partial charge in [0.2, 0.25) is 0 Å². The Morgan fingerprint density at radius 3 is 2.58 bits per heavy atom. The van der Waals surface area contributed by atoms with Crippen LogP contribution in [0.4, 0.5) is 9.18 Å². The summed E-state index contributed by atoms with van der Waals surface area (Å²) < 4.78 is 24.0. The third-order valence-corrected chi connectivity index (χ3v) is 3.63. The Balaban J connectivity index is 2.49. The minimum atomic E-state index is -1.24. The Morgan fingerprint density at radius 2 is 1.96 bits per heavy atom. The van der Waals surface area contributed by atoms with E-state index in [1.807, 2.05) is 6.92 Å². The number of ether oxygens (including phenoxy) is 2. The summed E-state index contributed by atoms with van der Waals surface area (Å²) in [5.41, 5.74) is -0.502. The fraction of sp³-hybridized carbons (Fsp3) is 0.412. The standard InChI is InChI=1S/C17H21FN2O4/c1-3-9-23-11-17(12-5-7-13(18)8-6-12)14(15(21)24-4-2)10-19-16(22)20-17/h5-8,10H,3-4,9,11H2,1-2H3,(H2,19,20,22). The van der Waals surface area contributed by atoms with E-state index in [4.69, 9.17) is 9.47 Å². The smallest absolute Gasteiger partial charge is 0.338 e. The molecule has 1 aliphatic heterocycles. The number of rotatable bonds is 7. The second-order valence-electron chi connectivity index (χ2n) is 5.34. The van der Waals surface area contributed by atoms with Crippen LogP contribution in [-0.4, -0.2) is 31.8 Å². The van der Waals surface area contributed by atoms with E-state index in [0.29, 0.717) is 12.2 Å². The number of esters is 1. The summed E-state index contributed by atoms with van der Waals surface area (Å²) in [4.78, 5) is 24.3. The maximum atomic E-state index is 13.3. The number of hydrogen-bond donors (Lipinski definition) is 2. The molecule has 1 aromatic carbocycles. The average molecular weight is 336 g/mol. The molecule has 0 fully saturated rings. The summed E-state index contributed by atoms with van der Waals surface area (Å²) >= 11 is 0. The average Bonchev–Trinajstić information content (AvgIpc) is 2.56. The van der Waals surface area contributed by atoms with E-state index < -0.39 is 23.4 Å². The minimum absolute atomic E-state index is 0.0323. The van der Waals surface area contributed by atoms with Gasteiger partial charge in [-0.25, -0.2) is 14.0 Å². The molecular weight excluding hydrogens is 315 g/mol. The normalized spacial score (nSPS) is 20.0. The summed E-state index contributed by atoms with van der Waals surface area (Å²) in [5.74, 6) is -0.986. The van der Waals surface area contributed by atoms with Crippen molar-refractivity contribution in [1.29, 1.82) is 0 Å². The van der Waals surface area contributed by atoms with Crippen LogP contribution in [0.2, 0.25) is 0 Å². The zero-order valence-electron chi connectivity index (χ0n) is 13.7. The van der Waals surface area contributed by atoms with Gasteiger partial charge in [0, 0.05) is 12.8 Å². The van der Waals surface area contributed by atoms with E-state index >= 15 is 0 Å². The van der Waals surface area contributed by atoms with E-state index in [9.17, 15) is 14.0 Å². The van der Waals surface area contributed by atoms with Crippen LogP contribution in [0.1, 0.15) is 25.8 Å². The van der Waals surface area contributed by atoms with Crippen molar-refractivity contribution in [3.8, 4) is 0 Å². The van der Waals surface area contributed by atoms with Gasteiger partial charge < -0.3 is 20.1 Å². The van der Waals surface area contributed by atoms with E-state index in [2.05, 4.69) is 10.6 Å². The molecule has 6 nitrogen and oxygen atoms in total. The second-order valence-corrected chi connectivity index (χ2v) is 5.34. The molecular formula is C17H21FN2O4. The predicted molar refractivity (Wildman–Crippen MR) is 85.6 cm³/mol. The highest BCUT2D eigenvalue weighted by Gasteiger charge is 2.44. The SMILES string of the molecule is CCCOCC1(c2ccc(F)cc2)NC(=O)NC=C1C(=O)OCC. The molecule has 1 heterocycles. The van der Waals surface area contributed by atoms with Crippen LogP contribution >= 0.6 is 0 Å². The Labute approximate surface area is 140 Å². The van der Waals surface area contributed by atoms with Gasteiger partial charge in [-0.05, 0) is 31.0 Å². The highest BCUT2D eigenvalue weighted by atomic mass is 19.1. The number of halogens is 1. The number of nitrogens with one attached hydrogen (secondary N) is 2. The lowest BCUT2D eigenvalue weighted by molar-refractivity contribution is -0.140. The molecule has 130 valence electrons. The van der Waals surface area contributed by atoms with Crippen LogP contribution < -0.4 is 10.6 Å². The lowest BCUT2D eigenvalue weighted by atomic mass is 9.82. The monoisotopic (exact) mass is 336 g/mol. The van der Waals surface area contributed by atoms with E-state index in [-0.39, 0.29) is 18.8 Å². The maximum Gasteiger partial charge on any atom is 0.338 e. The van der Waals surface area contributed by atoms with Gasteiger partial charge in [0.05, 0.1) is 18.8 Å². The van der Waals surface area contributed by atoms with Crippen molar-refractivity contribution in [3.63, 3.8) is 0 Å². The number of amides is 2. The molecule has 7 heteroatoms. The fourth-order valence-corrected chi connectivity index (χ4v) is 2.53. The Kier molecular flexibility index (Phi) is 5.92. The van der Waals surface area contributed by atoms with Crippen molar-refractivity contribution < 1.29 is 23.5 Å². The Bertz CT molecular complexity index is 630. The van der Waals surface area contributed by atoms with Crippen molar-refractivity contribution in [3.05, 3.63) is 47.4 Å². The first-order valence-electron chi connectivity index (χ1n) is 7.83. The van der Waals surface area contributed by atoms with Gasteiger partial charge >= 0.3 is 12.0 Å². The topological polar surface area (TPSA) is 76.7 Å². The van der Waals surface area contributed by atoms with Crippen LogP contribution in [0.3, 0.4) is 0 Å². The number of carbonyl (C=O) groups excluding carboxylic acids is 2. The van der Waals surface area contributed by atoms with E-state index in [0.717, 1.165) is 6.42 Å². The van der Waals surface area contributed by atoms with Crippen molar-refractivity contribution in [2.24, 2.45) is 0 Å². The first-order valence-corrected chi connectivity index (χ1v) is 7.83. The third-order valence-electron chi connectivity index (χ3n) is 3.63. The molecule has 24 heavy (non-hydrogen) atoms. The molecule has 1 aromatic rings. The van der Waals surface area contributed by atoms with Gasteiger partial charge in [0.15, 0.2) is 0 Å². The van der Waals surface area contributed by atoms with Gasteiger partial charge in [-0.15, -0.1) is 0 Å². The van der Waals surface area contributed by atoms with Crippen molar-refractivity contribution >= 4 is 12.0 Å². The molecule has 1 unspecified atom stereocenters. The van der Waals surface area contributed by atoms with Crippen molar-refractivity contribution in [2.45, 2.75) is 25.8 Å². The molecule has 0 bridgehead atoms. The molecule has 1 aliphatic rings. The lowest BCUT2D eigenvalue weighted by Gasteiger charge is -2.38. The van der Waals surface area contributed by atoms with E-state index in [1.54, 1.807) is 6.92 Å². The largest absolute Gasteiger partial charge is 0.463 e. The quantitative estimate of drug-likeness (QED) is 0.591. The molecule has 2 N–H and O–H groups in total. The second kappa shape index (κ2) is 7.92. The van der Waals surface area contributed by atoms with Crippen LogP contribution in [0.5, 0.6) is 0 Å². The molecule has 0 aliphatic carbocycles. The molecule has 0 radical (unpaired) electrons. The summed E-state index contributed by atoms with van der Waals surface area (Å²) in [6.07, 6.45) is 2.10. The predicted octanol–water partition coefficient (Wildman–Crippen LogP) is 2.21. The van der Waals surface area contributed by atoms with Crippen molar-refractivity contribution in [2.75, 3.05) is 19.8 Å². The highest BCUT2D eigenvalue weighted by molar-refractivity contribution is 5.95. The molecule has 2 rings (SSSR count). The van der Waals surface area contributed by atoms with Gasteiger partial charge in [-0.3, -0.25) is 0 Å². The summed E-state index contributed by atoms with van der Waals surface area (Å²) in [5, 5.41) is 5.20. The molecule has 0 saturated heterocycles. The summed E-state index contributed by atoms with van der Waals surface area (Å²) in [6, 6.07) is 5.10. The van der Waals surface area contributed by atoms with Gasteiger partial charge in [0.1, 0.15) is 11.4 Å². The van der Waals surface area contributed by atoms with Crippen LogP contribution in [-0.2, 0) is 19.8 Å². The van der Waals surface area contributed by atoms with Crippen LogP contribution in [0, 0.1) is 5.82 Å². The summed E-state index contributed by atoms with van der Waals surface area (Å²) in [7, 11) is 0. The van der Waals surface area contributed by atoms with Crippen molar-refractivity contribution in [1.82, 2.24) is 10.6 Å². The summed E-state index contributed by atoms with van der Waals surface area (Å²) in [6.45, 7) is 4.33. The Morgan fingerprint density at radius 1 is 1.25 bits per heavy atom. The molecule has 0 spiro atoms. The van der Waals surface area contributed by atoms with Gasteiger partial charge in [-0.1, -0.05) is 19.1 Å². The van der Waals surface area contributed by atoms with Gasteiger partial charge in [-0.2, -0.15) is 0 Å². The highest BCUT2D eigenvalue weighted by Crippen LogP contribution is 2.33. The van der Waals surface area contributed by atoms with E-state index in [1.165, 1.54) is 30.5 Å². The molecule has 2 amide bonds. The number of benzene rings is 1. The molecule has 0 aromatic heterocycles. The maximum absolute atomic E-state index is 13.3. The molecule has 1 atom stereocenters.